The van der Waals surface area contributed by atoms with Gasteiger partial charge in [0.05, 0.1) is 6.54 Å². The molecule has 0 unspecified atom stereocenters. The molecule has 1 amide bonds. The lowest BCUT2D eigenvalue weighted by molar-refractivity contribution is 0.0991. The molecule has 4 nitrogen and oxygen atoms in total. The first kappa shape index (κ1) is 17.9. The molecule has 1 heterocycles. The van der Waals surface area contributed by atoms with Crippen molar-refractivity contribution in [3.05, 3.63) is 99.2 Å². The number of carbonyl (C=O) groups excluding carboxylic acids is 1. The smallest absolute Gasteiger partial charge is 0.263 e. The molecule has 2 aromatic carbocycles. The Labute approximate surface area is 155 Å². The molecule has 0 saturated carbocycles. The van der Waals surface area contributed by atoms with Crippen molar-refractivity contribution in [3.63, 3.8) is 0 Å². The number of carbonyl (C=O) groups is 1. The van der Waals surface area contributed by atoms with Crippen molar-refractivity contribution in [1.82, 2.24) is 4.57 Å². The van der Waals surface area contributed by atoms with Gasteiger partial charge in [0.1, 0.15) is 11.4 Å². The predicted octanol–water partition coefficient (Wildman–Crippen LogP) is 3.97. The van der Waals surface area contributed by atoms with Gasteiger partial charge in [-0.25, -0.2) is 4.39 Å². The van der Waals surface area contributed by atoms with Crippen LogP contribution in [-0.2, 0) is 6.54 Å². The highest BCUT2D eigenvalue weighted by Gasteiger charge is 2.18. The van der Waals surface area contributed by atoms with E-state index in [1.807, 2.05) is 18.2 Å². The van der Waals surface area contributed by atoms with Crippen LogP contribution in [0.3, 0.4) is 0 Å². The second-order valence-corrected chi connectivity index (χ2v) is 6.16. The van der Waals surface area contributed by atoms with Gasteiger partial charge in [0.15, 0.2) is 0 Å². The van der Waals surface area contributed by atoms with Gasteiger partial charge >= 0.3 is 0 Å². The van der Waals surface area contributed by atoms with Gasteiger partial charge in [-0.2, -0.15) is 0 Å². The lowest BCUT2D eigenvalue weighted by atomic mass is 10.2. The van der Waals surface area contributed by atoms with Gasteiger partial charge in [-0.1, -0.05) is 35.9 Å². The first-order valence-electron chi connectivity index (χ1n) is 7.94. The van der Waals surface area contributed by atoms with Crippen LogP contribution in [-0.4, -0.2) is 17.5 Å². The number of halogens is 2. The van der Waals surface area contributed by atoms with E-state index in [1.54, 1.807) is 31.3 Å². The third kappa shape index (κ3) is 3.53. The maximum absolute atomic E-state index is 14.0. The van der Waals surface area contributed by atoms with Crippen LogP contribution in [0.25, 0.3) is 0 Å². The second-order valence-electron chi connectivity index (χ2n) is 5.75. The summed E-state index contributed by atoms with van der Waals surface area (Å²) in [6, 6.07) is 16.4. The van der Waals surface area contributed by atoms with E-state index >= 15 is 0 Å². The minimum absolute atomic E-state index is 0.00585. The molecule has 0 spiro atoms. The van der Waals surface area contributed by atoms with Crippen molar-refractivity contribution in [3.8, 4) is 0 Å². The van der Waals surface area contributed by atoms with E-state index in [9.17, 15) is 14.0 Å². The summed E-state index contributed by atoms with van der Waals surface area (Å²) < 4.78 is 15.3. The Morgan fingerprint density at radius 2 is 1.81 bits per heavy atom. The molecule has 0 radical (unpaired) electrons. The maximum atomic E-state index is 14.0. The van der Waals surface area contributed by atoms with Crippen molar-refractivity contribution in [2.45, 2.75) is 6.54 Å². The summed E-state index contributed by atoms with van der Waals surface area (Å²) in [5.74, 6) is -0.933. The average Bonchev–Trinajstić information content (AvgIpc) is 2.65. The first-order valence-corrected chi connectivity index (χ1v) is 8.32. The van der Waals surface area contributed by atoms with Crippen molar-refractivity contribution in [2.75, 3.05) is 11.9 Å². The van der Waals surface area contributed by atoms with Gasteiger partial charge < -0.3 is 9.47 Å². The minimum atomic E-state index is -0.500. The van der Waals surface area contributed by atoms with Gasteiger partial charge in [0.25, 0.3) is 11.5 Å². The van der Waals surface area contributed by atoms with Gasteiger partial charge in [0.2, 0.25) is 0 Å². The number of hydrogen-bond donors (Lipinski definition) is 0. The van der Waals surface area contributed by atoms with E-state index in [2.05, 4.69) is 0 Å². The van der Waals surface area contributed by atoms with Gasteiger partial charge in [-0.3, -0.25) is 9.59 Å². The van der Waals surface area contributed by atoms with Crippen LogP contribution in [0.4, 0.5) is 10.1 Å². The number of pyridine rings is 1. The van der Waals surface area contributed by atoms with E-state index in [0.29, 0.717) is 5.69 Å². The Kier molecular flexibility index (Phi) is 5.19. The molecular weight excluding hydrogens is 355 g/mol. The van der Waals surface area contributed by atoms with Crippen LogP contribution >= 0.6 is 11.6 Å². The molecule has 0 saturated heterocycles. The van der Waals surface area contributed by atoms with Crippen molar-refractivity contribution < 1.29 is 9.18 Å². The number of anilines is 1. The molecule has 0 atom stereocenters. The monoisotopic (exact) mass is 370 g/mol. The Morgan fingerprint density at radius 1 is 1.08 bits per heavy atom. The van der Waals surface area contributed by atoms with E-state index in [0.717, 1.165) is 0 Å². The molecule has 26 heavy (non-hydrogen) atoms. The predicted molar refractivity (Wildman–Crippen MR) is 100 cm³/mol. The molecule has 0 aliphatic carbocycles. The van der Waals surface area contributed by atoms with Gasteiger partial charge in [-0.15, -0.1) is 0 Å². The topological polar surface area (TPSA) is 42.3 Å². The first-order chi connectivity index (χ1) is 12.5. The van der Waals surface area contributed by atoms with E-state index in [4.69, 9.17) is 11.6 Å². The largest absolute Gasteiger partial charge is 0.311 e. The summed E-state index contributed by atoms with van der Waals surface area (Å²) >= 11 is 6.03. The zero-order valence-corrected chi connectivity index (χ0v) is 14.8. The summed E-state index contributed by atoms with van der Waals surface area (Å²) in [6.07, 6.45) is 1.50. The fourth-order valence-electron chi connectivity index (χ4n) is 2.63. The molecule has 6 heteroatoms. The van der Waals surface area contributed by atoms with E-state index in [-0.39, 0.29) is 22.7 Å². The fraction of sp³-hybridized carbons (Fsp3) is 0.100. The normalized spacial score (nSPS) is 10.6. The summed E-state index contributed by atoms with van der Waals surface area (Å²) in [6.45, 7) is -0.0550. The summed E-state index contributed by atoms with van der Waals surface area (Å²) in [7, 11) is 1.60. The van der Waals surface area contributed by atoms with E-state index < -0.39 is 17.3 Å². The number of nitrogens with zero attached hydrogens (tertiary/aromatic N) is 2. The summed E-state index contributed by atoms with van der Waals surface area (Å²) in [5.41, 5.74) is 0.382. The van der Waals surface area contributed by atoms with Gasteiger partial charge in [0, 0.05) is 29.5 Å². The molecule has 3 rings (SSSR count). The quantitative estimate of drug-likeness (QED) is 0.697. The summed E-state index contributed by atoms with van der Waals surface area (Å²) in [4.78, 5) is 26.8. The SMILES string of the molecule is CN(C(=O)c1cccn(Cc2c(F)cccc2Cl)c1=O)c1ccccc1. The summed E-state index contributed by atoms with van der Waals surface area (Å²) in [5, 5.41) is 0.232. The van der Waals surface area contributed by atoms with Crippen molar-refractivity contribution in [1.29, 1.82) is 0 Å². The molecular formula is C20H16ClFN2O2. The van der Waals surface area contributed by atoms with Crippen molar-refractivity contribution in [2.24, 2.45) is 0 Å². The Hall–Kier alpha value is -2.92. The highest BCUT2D eigenvalue weighted by atomic mass is 35.5. The molecule has 0 aliphatic rings. The average molecular weight is 371 g/mol. The van der Waals surface area contributed by atoms with Crippen LogP contribution in [0, 0.1) is 5.82 Å². The highest BCUT2D eigenvalue weighted by molar-refractivity contribution is 6.31. The molecule has 0 aliphatic heterocycles. The molecule has 0 bridgehead atoms. The number of amides is 1. The minimum Gasteiger partial charge on any atom is -0.311 e. The van der Waals surface area contributed by atoms with Crippen LogP contribution in [0.2, 0.25) is 5.02 Å². The third-order valence-electron chi connectivity index (χ3n) is 4.09. The number of aromatic nitrogens is 1. The second kappa shape index (κ2) is 7.54. The Morgan fingerprint density at radius 3 is 2.50 bits per heavy atom. The Balaban J connectivity index is 1.95. The molecule has 0 fully saturated rings. The number of rotatable bonds is 4. The van der Waals surface area contributed by atoms with Crippen LogP contribution < -0.4 is 10.5 Å². The molecule has 132 valence electrons. The lowest BCUT2D eigenvalue weighted by Gasteiger charge is -2.17. The van der Waals surface area contributed by atoms with Crippen LogP contribution in [0.1, 0.15) is 15.9 Å². The van der Waals surface area contributed by atoms with Crippen LogP contribution in [0.15, 0.2) is 71.7 Å². The van der Waals surface area contributed by atoms with Crippen LogP contribution in [0.5, 0.6) is 0 Å². The lowest BCUT2D eigenvalue weighted by Crippen LogP contribution is -2.34. The number of para-hydroxylation sites is 1. The molecule has 1 aromatic heterocycles. The van der Waals surface area contributed by atoms with E-state index in [1.165, 1.54) is 33.9 Å². The fourth-order valence-corrected chi connectivity index (χ4v) is 2.85. The zero-order chi connectivity index (χ0) is 18.7. The standard InChI is InChI=1S/C20H16ClFN2O2/c1-23(14-7-3-2-4-8-14)19(25)15-9-6-12-24(20(15)26)13-16-17(21)10-5-11-18(16)22/h2-12H,13H2,1H3. The molecule has 3 aromatic rings. The Bertz CT molecular complexity index is 982. The molecule has 0 N–H and O–H groups in total. The highest BCUT2D eigenvalue weighted by Crippen LogP contribution is 2.20. The van der Waals surface area contributed by atoms with Crippen molar-refractivity contribution >= 4 is 23.2 Å². The van der Waals surface area contributed by atoms with Gasteiger partial charge in [-0.05, 0) is 36.4 Å². The number of hydrogen-bond acceptors (Lipinski definition) is 2. The maximum Gasteiger partial charge on any atom is 0.263 e. The zero-order valence-electron chi connectivity index (χ0n) is 14.0. The third-order valence-corrected chi connectivity index (χ3v) is 4.44. The number of benzene rings is 2.